The van der Waals surface area contributed by atoms with Crippen molar-refractivity contribution in [2.75, 3.05) is 27.2 Å². The maximum Gasteiger partial charge on any atom is 0.309 e. The molecule has 0 N–H and O–H groups in total. The highest BCUT2D eigenvalue weighted by molar-refractivity contribution is 5.70. The van der Waals surface area contributed by atoms with E-state index in [1.807, 2.05) is 44.4 Å². The van der Waals surface area contributed by atoms with Crippen molar-refractivity contribution in [1.29, 1.82) is 0 Å². The van der Waals surface area contributed by atoms with Crippen molar-refractivity contribution in [3.8, 4) is 0 Å². The van der Waals surface area contributed by atoms with Crippen LogP contribution in [0, 0.1) is 0 Å². The minimum absolute atomic E-state index is 0.0442. The average Bonchev–Trinajstić information content (AvgIpc) is 2.97. The SMILES string of the molecule is CN(C)CC[C@H](OC(=O)C[C@@H]1CCCO1)c1ccccc1. The number of benzene rings is 1. The zero-order chi connectivity index (χ0) is 15.1. The van der Waals surface area contributed by atoms with Crippen LogP contribution in [-0.4, -0.2) is 44.2 Å². The lowest BCUT2D eigenvalue weighted by molar-refractivity contribution is -0.152. The molecule has 0 aliphatic carbocycles. The molecule has 0 aromatic heterocycles. The van der Waals surface area contributed by atoms with Gasteiger partial charge in [-0.2, -0.15) is 0 Å². The van der Waals surface area contributed by atoms with Crippen LogP contribution in [0.15, 0.2) is 30.3 Å². The third-order valence-electron chi connectivity index (χ3n) is 3.70. The van der Waals surface area contributed by atoms with Crippen LogP contribution in [0.3, 0.4) is 0 Å². The average molecular weight is 291 g/mol. The number of carbonyl (C=O) groups is 1. The molecule has 1 saturated heterocycles. The largest absolute Gasteiger partial charge is 0.457 e. The van der Waals surface area contributed by atoms with Crippen LogP contribution in [0.1, 0.15) is 37.4 Å². The van der Waals surface area contributed by atoms with Gasteiger partial charge < -0.3 is 14.4 Å². The number of carbonyl (C=O) groups excluding carboxylic acids is 1. The number of hydrogen-bond acceptors (Lipinski definition) is 4. The Bertz CT molecular complexity index is 427. The van der Waals surface area contributed by atoms with Crippen LogP contribution in [0.4, 0.5) is 0 Å². The fourth-order valence-corrected chi connectivity index (χ4v) is 2.53. The van der Waals surface area contributed by atoms with Gasteiger partial charge in [0.1, 0.15) is 6.10 Å². The first-order valence-corrected chi connectivity index (χ1v) is 7.66. The highest BCUT2D eigenvalue weighted by atomic mass is 16.5. The molecule has 1 aliphatic heterocycles. The summed E-state index contributed by atoms with van der Waals surface area (Å²) in [6, 6.07) is 9.96. The van der Waals surface area contributed by atoms with E-state index in [0.29, 0.717) is 6.42 Å². The molecule has 0 amide bonds. The molecule has 0 spiro atoms. The molecule has 116 valence electrons. The van der Waals surface area contributed by atoms with E-state index < -0.39 is 0 Å². The third kappa shape index (κ3) is 5.48. The topological polar surface area (TPSA) is 38.8 Å². The summed E-state index contributed by atoms with van der Waals surface area (Å²) in [5, 5.41) is 0. The van der Waals surface area contributed by atoms with Crippen molar-refractivity contribution in [3.63, 3.8) is 0 Å². The lowest BCUT2D eigenvalue weighted by Gasteiger charge is -2.21. The Kier molecular flexibility index (Phi) is 6.21. The zero-order valence-electron chi connectivity index (χ0n) is 13.0. The van der Waals surface area contributed by atoms with E-state index in [-0.39, 0.29) is 18.2 Å². The second-order valence-corrected chi connectivity index (χ2v) is 5.82. The quantitative estimate of drug-likeness (QED) is 0.724. The number of ether oxygens (including phenoxy) is 2. The summed E-state index contributed by atoms with van der Waals surface area (Å²) in [5.41, 5.74) is 1.06. The van der Waals surface area contributed by atoms with E-state index in [0.717, 1.165) is 38.0 Å². The van der Waals surface area contributed by atoms with E-state index in [9.17, 15) is 4.79 Å². The second-order valence-electron chi connectivity index (χ2n) is 5.82. The van der Waals surface area contributed by atoms with Gasteiger partial charge in [0.05, 0.1) is 12.5 Å². The Morgan fingerprint density at radius 2 is 2.14 bits per heavy atom. The molecule has 1 fully saturated rings. The van der Waals surface area contributed by atoms with Gasteiger partial charge in [-0.05, 0) is 32.5 Å². The van der Waals surface area contributed by atoms with Crippen molar-refractivity contribution in [3.05, 3.63) is 35.9 Å². The maximum atomic E-state index is 12.1. The molecule has 1 aliphatic rings. The summed E-state index contributed by atoms with van der Waals surface area (Å²) in [7, 11) is 4.05. The molecule has 0 unspecified atom stereocenters. The molecule has 0 saturated carbocycles. The molecule has 1 heterocycles. The predicted octanol–water partition coefficient (Wildman–Crippen LogP) is 2.79. The van der Waals surface area contributed by atoms with Gasteiger partial charge in [0.25, 0.3) is 0 Å². The van der Waals surface area contributed by atoms with Crippen LogP contribution in [0.5, 0.6) is 0 Å². The Morgan fingerprint density at radius 1 is 1.38 bits per heavy atom. The van der Waals surface area contributed by atoms with Gasteiger partial charge in [-0.15, -0.1) is 0 Å². The Hall–Kier alpha value is -1.39. The summed E-state index contributed by atoms with van der Waals surface area (Å²) >= 11 is 0. The number of rotatable bonds is 7. The van der Waals surface area contributed by atoms with E-state index in [1.54, 1.807) is 0 Å². The van der Waals surface area contributed by atoms with E-state index >= 15 is 0 Å². The minimum atomic E-state index is -0.178. The van der Waals surface area contributed by atoms with Crippen molar-refractivity contribution in [1.82, 2.24) is 4.90 Å². The van der Waals surface area contributed by atoms with Gasteiger partial charge in [-0.3, -0.25) is 4.79 Å². The molecule has 4 heteroatoms. The summed E-state index contributed by atoms with van der Waals surface area (Å²) in [4.78, 5) is 14.2. The van der Waals surface area contributed by atoms with E-state index in [2.05, 4.69) is 4.90 Å². The van der Waals surface area contributed by atoms with Crippen molar-refractivity contribution >= 4 is 5.97 Å². The summed E-state index contributed by atoms with van der Waals surface area (Å²) < 4.78 is 11.2. The van der Waals surface area contributed by atoms with Crippen LogP contribution in [0.2, 0.25) is 0 Å². The van der Waals surface area contributed by atoms with Crippen molar-refractivity contribution < 1.29 is 14.3 Å². The van der Waals surface area contributed by atoms with Crippen molar-refractivity contribution in [2.24, 2.45) is 0 Å². The molecule has 4 nitrogen and oxygen atoms in total. The molecular weight excluding hydrogens is 266 g/mol. The molecule has 0 radical (unpaired) electrons. The molecule has 2 atom stereocenters. The summed E-state index contributed by atoms with van der Waals surface area (Å²) in [6.45, 7) is 1.65. The fraction of sp³-hybridized carbons (Fsp3) is 0.588. The molecule has 2 rings (SSSR count). The first kappa shape index (κ1) is 16.0. The Morgan fingerprint density at radius 3 is 2.76 bits per heavy atom. The molecule has 1 aromatic rings. The summed E-state index contributed by atoms with van der Waals surface area (Å²) in [6.07, 6.45) is 3.04. The maximum absolute atomic E-state index is 12.1. The Labute approximate surface area is 127 Å². The van der Waals surface area contributed by atoms with Gasteiger partial charge >= 0.3 is 5.97 Å². The molecule has 0 bridgehead atoms. The number of nitrogens with zero attached hydrogens (tertiary/aromatic N) is 1. The van der Waals surface area contributed by atoms with Gasteiger partial charge in [0, 0.05) is 19.6 Å². The van der Waals surface area contributed by atoms with Crippen LogP contribution >= 0.6 is 0 Å². The van der Waals surface area contributed by atoms with Crippen LogP contribution in [-0.2, 0) is 14.3 Å². The highest BCUT2D eigenvalue weighted by Gasteiger charge is 2.23. The van der Waals surface area contributed by atoms with E-state index in [1.165, 1.54) is 0 Å². The van der Waals surface area contributed by atoms with Crippen LogP contribution in [0.25, 0.3) is 0 Å². The van der Waals surface area contributed by atoms with Crippen molar-refractivity contribution in [2.45, 2.75) is 37.9 Å². The minimum Gasteiger partial charge on any atom is -0.457 e. The lowest BCUT2D eigenvalue weighted by Crippen LogP contribution is -2.21. The van der Waals surface area contributed by atoms with Gasteiger partial charge in [-0.25, -0.2) is 0 Å². The van der Waals surface area contributed by atoms with E-state index in [4.69, 9.17) is 9.47 Å². The first-order chi connectivity index (χ1) is 10.1. The second kappa shape index (κ2) is 8.15. The molecule has 1 aromatic carbocycles. The third-order valence-corrected chi connectivity index (χ3v) is 3.70. The zero-order valence-corrected chi connectivity index (χ0v) is 13.0. The monoisotopic (exact) mass is 291 g/mol. The summed E-state index contributed by atoms with van der Waals surface area (Å²) in [5.74, 6) is -0.158. The van der Waals surface area contributed by atoms with Gasteiger partial charge in [0.2, 0.25) is 0 Å². The Balaban J connectivity index is 1.92. The fourth-order valence-electron chi connectivity index (χ4n) is 2.53. The smallest absolute Gasteiger partial charge is 0.309 e. The first-order valence-electron chi connectivity index (χ1n) is 7.66. The van der Waals surface area contributed by atoms with Gasteiger partial charge in [-0.1, -0.05) is 30.3 Å². The van der Waals surface area contributed by atoms with Gasteiger partial charge in [0.15, 0.2) is 0 Å². The van der Waals surface area contributed by atoms with Crippen LogP contribution < -0.4 is 0 Å². The molecular formula is C17H25NO3. The molecule has 21 heavy (non-hydrogen) atoms. The number of hydrogen-bond donors (Lipinski definition) is 0. The highest BCUT2D eigenvalue weighted by Crippen LogP contribution is 2.23. The predicted molar refractivity (Wildman–Crippen MR) is 82.0 cm³/mol. The standard InChI is InChI=1S/C17H25NO3/c1-18(2)11-10-16(14-7-4-3-5-8-14)21-17(19)13-15-9-6-12-20-15/h3-5,7-8,15-16H,6,9-13H2,1-2H3/t15-,16-/m0/s1. The number of esters is 1. The normalized spacial score (nSPS) is 19.7. The lowest BCUT2D eigenvalue weighted by atomic mass is 10.1.